The number of hydrogen-bond donors (Lipinski definition) is 1. The van der Waals surface area contributed by atoms with Gasteiger partial charge in [0.25, 0.3) is 0 Å². The Balaban J connectivity index is 1.90. The fraction of sp³-hybridized carbons (Fsp3) is 0.571. The second-order valence-corrected chi connectivity index (χ2v) is 5.11. The maximum atomic E-state index is 12.1. The van der Waals surface area contributed by atoms with Crippen LogP contribution in [0.15, 0.2) is 24.4 Å². The molecule has 1 aliphatic carbocycles. The number of urea groups is 1. The number of aromatic nitrogens is 1. The SMILES string of the molecule is C[C@H](NC(=O)N(C)[C@H](C)C1CC1)c1ccccn1. The molecule has 2 amide bonds. The molecule has 0 saturated heterocycles. The van der Waals surface area contributed by atoms with Crippen molar-refractivity contribution in [3.8, 4) is 0 Å². The van der Waals surface area contributed by atoms with Gasteiger partial charge >= 0.3 is 6.03 Å². The quantitative estimate of drug-likeness (QED) is 0.888. The van der Waals surface area contributed by atoms with Gasteiger partial charge in [0.15, 0.2) is 0 Å². The maximum Gasteiger partial charge on any atom is 0.317 e. The highest BCUT2D eigenvalue weighted by Gasteiger charge is 2.32. The van der Waals surface area contributed by atoms with Crippen LogP contribution in [-0.4, -0.2) is 29.0 Å². The zero-order valence-corrected chi connectivity index (χ0v) is 11.3. The van der Waals surface area contributed by atoms with Crippen molar-refractivity contribution in [3.05, 3.63) is 30.1 Å². The molecule has 98 valence electrons. The zero-order chi connectivity index (χ0) is 13.1. The molecule has 1 aliphatic rings. The summed E-state index contributed by atoms with van der Waals surface area (Å²) in [6.45, 7) is 4.07. The van der Waals surface area contributed by atoms with Crippen LogP contribution in [0.25, 0.3) is 0 Å². The van der Waals surface area contributed by atoms with E-state index in [2.05, 4.69) is 17.2 Å². The molecule has 1 saturated carbocycles. The predicted molar refractivity (Wildman–Crippen MR) is 71.1 cm³/mol. The van der Waals surface area contributed by atoms with Crippen LogP contribution < -0.4 is 5.32 Å². The molecule has 1 heterocycles. The van der Waals surface area contributed by atoms with E-state index in [9.17, 15) is 4.79 Å². The first-order chi connectivity index (χ1) is 8.59. The van der Waals surface area contributed by atoms with Crippen LogP contribution >= 0.6 is 0 Å². The van der Waals surface area contributed by atoms with E-state index in [0.29, 0.717) is 12.0 Å². The fourth-order valence-electron chi connectivity index (χ4n) is 2.07. The lowest BCUT2D eigenvalue weighted by molar-refractivity contribution is 0.184. The van der Waals surface area contributed by atoms with Gasteiger partial charge in [-0.25, -0.2) is 4.79 Å². The van der Waals surface area contributed by atoms with Gasteiger partial charge in [0.05, 0.1) is 11.7 Å². The summed E-state index contributed by atoms with van der Waals surface area (Å²) in [6, 6.07) is 5.97. The molecule has 0 spiro atoms. The van der Waals surface area contributed by atoms with Crippen molar-refractivity contribution in [3.63, 3.8) is 0 Å². The Bertz CT molecular complexity index is 403. The van der Waals surface area contributed by atoms with E-state index in [1.807, 2.05) is 32.2 Å². The van der Waals surface area contributed by atoms with Crippen molar-refractivity contribution >= 4 is 6.03 Å². The van der Waals surface area contributed by atoms with E-state index in [-0.39, 0.29) is 12.1 Å². The fourth-order valence-corrected chi connectivity index (χ4v) is 2.07. The first-order valence-electron chi connectivity index (χ1n) is 6.54. The minimum atomic E-state index is -0.0625. The molecule has 1 aromatic heterocycles. The van der Waals surface area contributed by atoms with E-state index < -0.39 is 0 Å². The highest BCUT2D eigenvalue weighted by atomic mass is 16.2. The highest BCUT2D eigenvalue weighted by molar-refractivity contribution is 5.74. The van der Waals surface area contributed by atoms with Crippen LogP contribution in [0.5, 0.6) is 0 Å². The lowest BCUT2D eigenvalue weighted by Crippen LogP contribution is -2.44. The summed E-state index contributed by atoms with van der Waals surface area (Å²) in [7, 11) is 1.86. The van der Waals surface area contributed by atoms with Gasteiger partial charge in [-0.1, -0.05) is 6.07 Å². The summed E-state index contributed by atoms with van der Waals surface area (Å²) in [4.78, 5) is 18.1. The standard InChI is InChI=1S/C14H21N3O/c1-10(13-6-4-5-9-15-13)16-14(18)17(3)11(2)12-7-8-12/h4-6,9-12H,7-8H2,1-3H3,(H,16,18)/t10-,11+/m0/s1. The highest BCUT2D eigenvalue weighted by Crippen LogP contribution is 2.34. The van der Waals surface area contributed by atoms with Crippen molar-refractivity contribution in [1.29, 1.82) is 0 Å². The van der Waals surface area contributed by atoms with E-state index in [0.717, 1.165) is 5.69 Å². The lowest BCUT2D eigenvalue weighted by atomic mass is 10.2. The second kappa shape index (κ2) is 5.38. The van der Waals surface area contributed by atoms with Crippen molar-refractivity contribution in [2.45, 2.75) is 38.8 Å². The van der Waals surface area contributed by atoms with Crippen molar-refractivity contribution in [2.75, 3.05) is 7.05 Å². The molecule has 2 rings (SSSR count). The third-order valence-electron chi connectivity index (χ3n) is 3.71. The topological polar surface area (TPSA) is 45.2 Å². The van der Waals surface area contributed by atoms with E-state index >= 15 is 0 Å². The Morgan fingerprint density at radius 3 is 2.72 bits per heavy atom. The molecule has 0 aromatic carbocycles. The van der Waals surface area contributed by atoms with Gasteiger partial charge in [0, 0.05) is 19.3 Å². The number of carbonyl (C=O) groups is 1. The van der Waals surface area contributed by atoms with Crippen LogP contribution in [0.4, 0.5) is 4.79 Å². The first kappa shape index (κ1) is 12.9. The normalized spacial score (nSPS) is 17.9. The van der Waals surface area contributed by atoms with Crippen molar-refractivity contribution in [1.82, 2.24) is 15.2 Å². The van der Waals surface area contributed by atoms with Crippen LogP contribution in [0.1, 0.15) is 38.4 Å². The number of carbonyl (C=O) groups excluding carboxylic acids is 1. The van der Waals surface area contributed by atoms with Gasteiger partial charge in [-0.15, -0.1) is 0 Å². The Hall–Kier alpha value is -1.58. The summed E-state index contributed by atoms with van der Waals surface area (Å²) in [5.41, 5.74) is 0.887. The van der Waals surface area contributed by atoms with E-state index in [4.69, 9.17) is 0 Å². The number of nitrogens with one attached hydrogen (secondary N) is 1. The maximum absolute atomic E-state index is 12.1. The van der Waals surface area contributed by atoms with Crippen LogP contribution in [0.2, 0.25) is 0 Å². The van der Waals surface area contributed by atoms with Crippen LogP contribution in [-0.2, 0) is 0 Å². The van der Waals surface area contributed by atoms with Crippen molar-refractivity contribution < 1.29 is 4.79 Å². The lowest BCUT2D eigenvalue weighted by Gasteiger charge is -2.26. The molecular formula is C14H21N3O. The Kier molecular flexibility index (Phi) is 3.84. The molecule has 0 aliphatic heterocycles. The molecule has 2 atom stereocenters. The van der Waals surface area contributed by atoms with Gasteiger partial charge in [-0.3, -0.25) is 4.98 Å². The van der Waals surface area contributed by atoms with Gasteiger partial charge in [0.2, 0.25) is 0 Å². The summed E-state index contributed by atoms with van der Waals surface area (Å²) in [6.07, 6.45) is 4.23. The third kappa shape index (κ3) is 3.00. The van der Waals surface area contributed by atoms with Gasteiger partial charge in [-0.2, -0.15) is 0 Å². The first-order valence-corrected chi connectivity index (χ1v) is 6.54. The van der Waals surface area contributed by atoms with Crippen molar-refractivity contribution in [2.24, 2.45) is 5.92 Å². The number of pyridine rings is 1. The molecule has 4 nitrogen and oxygen atoms in total. The molecular weight excluding hydrogens is 226 g/mol. The molecule has 1 aromatic rings. The summed E-state index contributed by atoms with van der Waals surface area (Å²) in [5, 5.41) is 2.98. The largest absolute Gasteiger partial charge is 0.330 e. The van der Waals surface area contributed by atoms with Gasteiger partial charge < -0.3 is 10.2 Å². The number of nitrogens with zero attached hydrogens (tertiary/aromatic N) is 2. The monoisotopic (exact) mass is 247 g/mol. The molecule has 1 fully saturated rings. The molecule has 0 bridgehead atoms. The Labute approximate surface area is 108 Å². The number of hydrogen-bond acceptors (Lipinski definition) is 2. The minimum absolute atomic E-state index is 0.0208. The minimum Gasteiger partial charge on any atom is -0.330 e. The summed E-state index contributed by atoms with van der Waals surface area (Å²) >= 11 is 0. The molecule has 18 heavy (non-hydrogen) atoms. The van der Waals surface area contributed by atoms with Crippen LogP contribution in [0.3, 0.4) is 0 Å². The third-order valence-corrected chi connectivity index (χ3v) is 3.71. The number of rotatable bonds is 4. The second-order valence-electron chi connectivity index (χ2n) is 5.11. The summed E-state index contributed by atoms with van der Waals surface area (Å²) in [5.74, 6) is 0.686. The molecule has 1 N–H and O–H groups in total. The number of amides is 2. The summed E-state index contributed by atoms with van der Waals surface area (Å²) < 4.78 is 0. The molecule has 0 radical (unpaired) electrons. The van der Waals surface area contributed by atoms with Crippen LogP contribution in [0, 0.1) is 5.92 Å². The molecule has 4 heteroatoms. The average molecular weight is 247 g/mol. The van der Waals surface area contributed by atoms with E-state index in [1.165, 1.54) is 12.8 Å². The zero-order valence-electron chi connectivity index (χ0n) is 11.3. The van der Waals surface area contributed by atoms with Gasteiger partial charge in [0.1, 0.15) is 0 Å². The molecule has 0 unspecified atom stereocenters. The Morgan fingerprint density at radius 2 is 2.17 bits per heavy atom. The smallest absolute Gasteiger partial charge is 0.317 e. The Morgan fingerprint density at radius 1 is 1.44 bits per heavy atom. The van der Waals surface area contributed by atoms with Gasteiger partial charge in [-0.05, 0) is 44.7 Å². The average Bonchev–Trinajstić information content (AvgIpc) is 3.22. The predicted octanol–water partition coefficient (Wildman–Crippen LogP) is 2.58. The van der Waals surface area contributed by atoms with E-state index in [1.54, 1.807) is 11.1 Å².